The molecule has 0 N–H and O–H groups in total. The summed E-state index contributed by atoms with van der Waals surface area (Å²) >= 11 is 0. The number of halogens is 4. The van der Waals surface area contributed by atoms with E-state index < -0.39 is 29.2 Å². The maximum Gasteiger partial charge on any atom is 0.253 e. The summed E-state index contributed by atoms with van der Waals surface area (Å²) in [5, 5.41) is 3.99. The van der Waals surface area contributed by atoms with Gasteiger partial charge in [0.1, 0.15) is 5.69 Å². The number of nitrogens with zero attached hydrogens (tertiary/aromatic N) is 5. The van der Waals surface area contributed by atoms with E-state index in [0.717, 1.165) is 5.56 Å². The van der Waals surface area contributed by atoms with Gasteiger partial charge in [-0.2, -0.15) is 27.5 Å². The van der Waals surface area contributed by atoms with E-state index in [1.54, 1.807) is 0 Å². The Balaban J connectivity index is 1.46. The third-order valence-corrected chi connectivity index (χ3v) is 4.98. The lowest BCUT2D eigenvalue weighted by Gasteiger charge is -2.38. The highest BCUT2D eigenvalue weighted by Gasteiger charge is 2.30. The Hall–Kier alpha value is -3.01. The van der Waals surface area contributed by atoms with Gasteiger partial charge in [0.2, 0.25) is 23.3 Å². The third kappa shape index (κ3) is 3.67. The second kappa shape index (κ2) is 7.78. The maximum absolute atomic E-state index is 14.0. The molecule has 0 saturated carbocycles. The summed E-state index contributed by atoms with van der Waals surface area (Å²) in [6.45, 7) is 2.98. The van der Waals surface area contributed by atoms with Gasteiger partial charge in [0, 0.05) is 31.7 Å². The molecule has 1 unspecified atom stereocenters. The number of anilines is 1. The maximum atomic E-state index is 14.0. The smallest absolute Gasteiger partial charge is 0.253 e. The number of hydrogen-bond donors (Lipinski definition) is 0. The Morgan fingerprint density at radius 3 is 2.14 bits per heavy atom. The second-order valence-electron chi connectivity index (χ2n) is 6.69. The van der Waals surface area contributed by atoms with Gasteiger partial charge in [-0.25, -0.2) is 0 Å². The van der Waals surface area contributed by atoms with E-state index in [2.05, 4.69) is 15.1 Å². The number of aromatic nitrogens is 3. The van der Waals surface area contributed by atoms with Gasteiger partial charge in [-0.1, -0.05) is 35.5 Å². The standard InChI is InChI=1S/C19H17F4N5O/c1-11(19-25-18(26-29-19)12-5-3-2-4-6-12)27-7-9-28(10-8-27)15-13(20)16(22)24-17(23)14(15)21/h2-6,11H,7-10H2,1H3. The molecule has 1 fully saturated rings. The molecular formula is C19H17F4N5O. The van der Waals surface area contributed by atoms with Crippen LogP contribution in [-0.2, 0) is 0 Å². The summed E-state index contributed by atoms with van der Waals surface area (Å²) in [6.07, 6.45) is 0. The SMILES string of the molecule is CC(c1nc(-c2ccccc2)no1)N1CCN(c2c(F)c(F)nc(F)c2F)CC1. The monoisotopic (exact) mass is 407 g/mol. The first-order chi connectivity index (χ1) is 14.0. The van der Waals surface area contributed by atoms with Crippen molar-refractivity contribution in [3.8, 4) is 11.4 Å². The highest BCUT2D eigenvalue weighted by molar-refractivity contribution is 5.53. The van der Waals surface area contributed by atoms with Gasteiger partial charge in [-0.05, 0) is 6.92 Å². The van der Waals surface area contributed by atoms with E-state index in [1.165, 1.54) is 4.90 Å². The van der Waals surface area contributed by atoms with E-state index in [0.29, 0.717) is 24.8 Å². The Morgan fingerprint density at radius 1 is 0.897 bits per heavy atom. The first-order valence-corrected chi connectivity index (χ1v) is 9.03. The third-order valence-electron chi connectivity index (χ3n) is 4.98. The molecule has 1 saturated heterocycles. The molecule has 2 aromatic heterocycles. The van der Waals surface area contributed by atoms with Crippen molar-refractivity contribution in [1.29, 1.82) is 0 Å². The molecule has 3 aromatic rings. The Kier molecular flexibility index (Phi) is 5.18. The lowest BCUT2D eigenvalue weighted by atomic mass is 10.2. The van der Waals surface area contributed by atoms with Crippen molar-refractivity contribution in [3.63, 3.8) is 0 Å². The number of pyridine rings is 1. The second-order valence-corrected chi connectivity index (χ2v) is 6.69. The van der Waals surface area contributed by atoms with E-state index in [1.807, 2.05) is 42.2 Å². The Labute approximate surface area is 163 Å². The summed E-state index contributed by atoms with van der Waals surface area (Å²) < 4.78 is 60.1. The molecule has 4 rings (SSSR count). The first kappa shape index (κ1) is 19.3. The highest BCUT2D eigenvalue weighted by Crippen LogP contribution is 2.29. The fraction of sp³-hybridized carbons (Fsp3) is 0.316. The van der Waals surface area contributed by atoms with Crippen LogP contribution in [0.3, 0.4) is 0 Å². The molecule has 0 aliphatic carbocycles. The molecule has 0 amide bonds. The van der Waals surface area contributed by atoms with Crippen LogP contribution < -0.4 is 4.90 Å². The molecule has 3 heterocycles. The average Bonchev–Trinajstić information content (AvgIpc) is 3.23. The molecule has 1 aromatic carbocycles. The first-order valence-electron chi connectivity index (χ1n) is 9.03. The number of piperazine rings is 1. The quantitative estimate of drug-likeness (QED) is 0.487. The summed E-state index contributed by atoms with van der Waals surface area (Å²) in [7, 11) is 0. The van der Waals surface area contributed by atoms with E-state index in [9.17, 15) is 17.6 Å². The zero-order chi connectivity index (χ0) is 20.5. The topological polar surface area (TPSA) is 58.3 Å². The molecule has 0 spiro atoms. The normalized spacial score (nSPS) is 16.2. The van der Waals surface area contributed by atoms with Gasteiger partial charge in [0.25, 0.3) is 11.9 Å². The number of hydrogen-bond acceptors (Lipinski definition) is 6. The summed E-state index contributed by atoms with van der Waals surface area (Å²) in [5.41, 5.74) is 0.0960. The van der Waals surface area contributed by atoms with Crippen molar-refractivity contribution in [2.75, 3.05) is 31.1 Å². The molecule has 1 atom stereocenters. The zero-order valence-electron chi connectivity index (χ0n) is 15.4. The van der Waals surface area contributed by atoms with Crippen molar-refractivity contribution in [3.05, 3.63) is 59.8 Å². The van der Waals surface area contributed by atoms with Gasteiger partial charge in [-0.3, -0.25) is 4.90 Å². The van der Waals surface area contributed by atoms with Gasteiger partial charge in [0.15, 0.2) is 0 Å². The molecule has 6 nitrogen and oxygen atoms in total. The fourth-order valence-electron chi connectivity index (χ4n) is 3.35. The van der Waals surface area contributed by atoms with Crippen LogP contribution in [0, 0.1) is 23.5 Å². The number of benzene rings is 1. The van der Waals surface area contributed by atoms with Crippen molar-refractivity contribution in [2.45, 2.75) is 13.0 Å². The van der Waals surface area contributed by atoms with Gasteiger partial charge >= 0.3 is 0 Å². The predicted octanol–water partition coefficient (Wildman–Crippen LogP) is 3.57. The molecule has 0 bridgehead atoms. The van der Waals surface area contributed by atoms with Crippen LogP contribution in [-0.4, -0.2) is 46.2 Å². The number of rotatable bonds is 4. The van der Waals surface area contributed by atoms with Crippen LogP contribution in [0.25, 0.3) is 11.4 Å². The van der Waals surface area contributed by atoms with Gasteiger partial charge < -0.3 is 9.42 Å². The molecule has 152 valence electrons. The van der Waals surface area contributed by atoms with E-state index in [-0.39, 0.29) is 19.1 Å². The molecular weight excluding hydrogens is 390 g/mol. The Bertz CT molecular complexity index is 979. The van der Waals surface area contributed by atoms with E-state index >= 15 is 0 Å². The molecule has 1 aliphatic rings. The lowest BCUT2D eigenvalue weighted by molar-refractivity contribution is 0.163. The van der Waals surface area contributed by atoms with Crippen molar-refractivity contribution in [1.82, 2.24) is 20.0 Å². The minimum atomic E-state index is -1.66. The molecule has 29 heavy (non-hydrogen) atoms. The molecule has 10 heteroatoms. The summed E-state index contributed by atoms with van der Waals surface area (Å²) in [5.74, 6) is -5.42. The predicted molar refractivity (Wildman–Crippen MR) is 96.0 cm³/mol. The van der Waals surface area contributed by atoms with Crippen LogP contribution in [0.1, 0.15) is 18.9 Å². The van der Waals surface area contributed by atoms with Crippen molar-refractivity contribution >= 4 is 5.69 Å². The fourth-order valence-corrected chi connectivity index (χ4v) is 3.35. The lowest BCUT2D eigenvalue weighted by Crippen LogP contribution is -2.48. The van der Waals surface area contributed by atoms with Gasteiger partial charge in [-0.15, -0.1) is 0 Å². The van der Waals surface area contributed by atoms with Crippen LogP contribution in [0.2, 0.25) is 0 Å². The minimum Gasteiger partial charge on any atom is -0.364 e. The van der Waals surface area contributed by atoms with Crippen LogP contribution in [0.5, 0.6) is 0 Å². The highest BCUT2D eigenvalue weighted by atomic mass is 19.2. The van der Waals surface area contributed by atoms with E-state index in [4.69, 9.17) is 4.52 Å². The van der Waals surface area contributed by atoms with Crippen LogP contribution >= 0.6 is 0 Å². The minimum absolute atomic E-state index is 0.167. The summed E-state index contributed by atoms with van der Waals surface area (Å²) in [6, 6.07) is 9.14. The van der Waals surface area contributed by atoms with Crippen LogP contribution in [0.15, 0.2) is 34.9 Å². The largest absolute Gasteiger partial charge is 0.364 e. The Morgan fingerprint density at radius 2 is 1.52 bits per heavy atom. The average molecular weight is 407 g/mol. The van der Waals surface area contributed by atoms with Gasteiger partial charge in [0.05, 0.1) is 6.04 Å². The summed E-state index contributed by atoms with van der Waals surface area (Å²) in [4.78, 5) is 10.3. The van der Waals surface area contributed by atoms with Crippen LogP contribution in [0.4, 0.5) is 23.2 Å². The zero-order valence-corrected chi connectivity index (χ0v) is 15.4. The van der Waals surface area contributed by atoms with Crippen molar-refractivity contribution < 1.29 is 22.1 Å². The van der Waals surface area contributed by atoms with Crippen molar-refractivity contribution in [2.24, 2.45) is 0 Å². The molecule has 1 aliphatic heterocycles. The molecule has 0 radical (unpaired) electrons.